The van der Waals surface area contributed by atoms with Gasteiger partial charge in [0.05, 0.1) is 17.9 Å². The second-order valence-electron chi connectivity index (χ2n) is 7.43. The number of hydrogen-bond acceptors (Lipinski definition) is 5. The van der Waals surface area contributed by atoms with Crippen LogP contribution in [-0.2, 0) is 16.0 Å². The summed E-state index contributed by atoms with van der Waals surface area (Å²) in [7, 11) is 0. The summed E-state index contributed by atoms with van der Waals surface area (Å²) in [5.74, 6) is -0.0903. The minimum Gasteiger partial charge on any atom is -0.492 e. The van der Waals surface area contributed by atoms with Gasteiger partial charge in [-0.1, -0.05) is 36.4 Å². The molecule has 0 aliphatic carbocycles. The molecule has 5 nitrogen and oxygen atoms in total. The van der Waals surface area contributed by atoms with Crippen molar-refractivity contribution in [3.05, 3.63) is 82.2 Å². The molecule has 156 valence electrons. The molecule has 0 radical (unpaired) electrons. The molecule has 2 aliphatic rings. The van der Waals surface area contributed by atoms with E-state index in [0.717, 1.165) is 23.4 Å². The highest BCUT2D eigenvalue weighted by atomic mass is 32.1. The standard InChI is InChI=1S/C25H22N2O3S/c1-2-30-20-13-6-5-12-19(20)27-24(28)22(21-14-8-16-31-21)23(25(27)29)26-15-7-10-17-9-3-4-11-18(17)26/h3-6,8-9,11-14,16H,2,7,10,15H2,1H3. The maximum Gasteiger partial charge on any atom is 0.282 e. The Morgan fingerprint density at radius 3 is 2.48 bits per heavy atom. The predicted octanol–water partition coefficient (Wildman–Crippen LogP) is 4.88. The van der Waals surface area contributed by atoms with E-state index in [-0.39, 0.29) is 11.8 Å². The van der Waals surface area contributed by atoms with Gasteiger partial charge in [-0.3, -0.25) is 9.59 Å². The van der Waals surface area contributed by atoms with Gasteiger partial charge < -0.3 is 9.64 Å². The van der Waals surface area contributed by atoms with E-state index in [1.165, 1.54) is 21.8 Å². The van der Waals surface area contributed by atoms with Crippen LogP contribution in [0.4, 0.5) is 11.4 Å². The fourth-order valence-electron chi connectivity index (χ4n) is 4.32. The summed E-state index contributed by atoms with van der Waals surface area (Å²) < 4.78 is 5.73. The van der Waals surface area contributed by atoms with Crippen LogP contribution in [0.2, 0.25) is 0 Å². The molecule has 3 aromatic rings. The van der Waals surface area contributed by atoms with Crippen molar-refractivity contribution in [3.8, 4) is 5.75 Å². The van der Waals surface area contributed by atoms with Gasteiger partial charge in [0.2, 0.25) is 0 Å². The lowest BCUT2D eigenvalue weighted by molar-refractivity contribution is -0.120. The molecule has 31 heavy (non-hydrogen) atoms. The van der Waals surface area contributed by atoms with Gasteiger partial charge in [0.15, 0.2) is 0 Å². The third kappa shape index (κ3) is 3.24. The monoisotopic (exact) mass is 430 g/mol. The second kappa shape index (κ2) is 8.04. The number of nitrogens with zero attached hydrogens (tertiary/aromatic N) is 2. The third-order valence-electron chi connectivity index (χ3n) is 5.61. The van der Waals surface area contributed by atoms with Crippen molar-refractivity contribution in [2.75, 3.05) is 23.0 Å². The van der Waals surface area contributed by atoms with Crippen molar-refractivity contribution in [3.63, 3.8) is 0 Å². The average Bonchev–Trinajstić information content (AvgIpc) is 3.40. The Labute approximate surface area is 185 Å². The van der Waals surface area contributed by atoms with Crippen LogP contribution in [0.3, 0.4) is 0 Å². The van der Waals surface area contributed by atoms with E-state index in [1.807, 2.05) is 59.7 Å². The first kappa shape index (κ1) is 19.6. The normalized spacial score (nSPS) is 16.2. The number of ether oxygens (including phenoxy) is 1. The molecule has 1 aromatic heterocycles. The molecule has 2 aromatic carbocycles. The number of carbonyl (C=O) groups excluding carboxylic acids is 2. The number of para-hydroxylation sites is 3. The Morgan fingerprint density at radius 2 is 1.71 bits per heavy atom. The van der Waals surface area contributed by atoms with Gasteiger partial charge in [-0.15, -0.1) is 11.3 Å². The predicted molar refractivity (Wildman–Crippen MR) is 123 cm³/mol. The molecule has 0 bridgehead atoms. The van der Waals surface area contributed by atoms with Crippen molar-refractivity contribution in [2.45, 2.75) is 19.8 Å². The number of benzene rings is 2. The van der Waals surface area contributed by atoms with Crippen LogP contribution in [0.15, 0.2) is 71.7 Å². The molecular weight excluding hydrogens is 408 g/mol. The van der Waals surface area contributed by atoms with Gasteiger partial charge in [-0.2, -0.15) is 0 Å². The Morgan fingerprint density at radius 1 is 0.935 bits per heavy atom. The largest absolute Gasteiger partial charge is 0.492 e. The molecule has 0 saturated carbocycles. The summed E-state index contributed by atoms with van der Waals surface area (Å²) in [5, 5.41) is 1.93. The summed E-state index contributed by atoms with van der Waals surface area (Å²) in [6, 6.07) is 19.1. The minimum absolute atomic E-state index is 0.308. The Balaban J connectivity index is 1.67. The van der Waals surface area contributed by atoms with E-state index < -0.39 is 0 Å². The molecule has 0 spiro atoms. The number of thiophene rings is 1. The van der Waals surface area contributed by atoms with Gasteiger partial charge in [0.1, 0.15) is 11.4 Å². The fraction of sp³-hybridized carbons (Fsp3) is 0.200. The summed E-state index contributed by atoms with van der Waals surface area (Å²) in [5.41, 5.74) is 3.58. The van der Waals surface area contributed by atoms with Crippen molar-refractivity contribution in [1.29, 1.82) is 0 Å². The van der Waals surface area contributed by atoms with E-state index in [9.17, 15) is 9.59 Å². The molecule has 0 N–H and O–H groups in total. The lowest BCUT2D eigenvalue weighted by atomic mass is 10.00. The summed E-state index contributed by atoms with van der Waals surface area (Å²) in [6.45, 7) is 3.03. The molecule has 2 aliphatic heterocycles. The summed E-state index contributed by atoms with van der Waals surface area (Å²) >= 11 is 1.47. The van der Waals surface area contributed by atoms with Crippen LogP contribution in [0.25, 0.3) is 5.57 Å². The highest BCUT2D eigenvalue weighted by Crippen LogP contribution is 2.42. The topological polar surface area (TPSA) is 49.9 Å². The Kier molecular flexibility index (Phi) is 5.08. The van der Waals surface area contributed by atoms with Gasteiger partial charge in [0.25, 0.3) is 11.8 Å². The van der Waals surface area contributed by atoms with Crippen LogP contribution >= 0.6 is 11.3 Å². The minimum atomic E-state index is -0.308. The maximum absolute atomic E-state index is 13.8. The van der Waals surface area contributed by atoms with E-state index >= 15 is 0 Å². The quantitative estimate of drug-likeness (QED) is 0.541. The number of imide groups is 1. The van der Waals surface area contributed by atoms with Gasteiger partial charge in [0, 0.05) is 17.1 Å². The number of carbonyl (C=O) groups is 2. The van der Waals surface area contributed by atoms with Crippen molar-refractivity contribution < 1.29 is 14.3 Å². The molecule has 2 amide bonds. The summed E-state index contributed by atoms with van der Waals surface area (Å²) in [6.07, 6.45) is 1.89. The maximum atomic E-state index is 13.8. The molecule has 0 atom stereocenters. The Hall–Kier alpha value is -3.38. The molecule has 3 heterocycles. The zero-order valence-corrected chi connectivity index (χ0v) is 18.0. The first-order valence-electron chi connectivity index (χ1n) is 10.4. The average molecular weight is 431 g/mol. The smallest absolute Gasteiger partial charge is 0.282 e. The van der Waals surface area contributed by atoms with Crippen LogP contribution < -0.4 is 14.5 Å². The van der Waals surface area contributed by atoms with E-state index in [2.05, 4.69) is 6.07 Å². The van der Waals surface area contributed by atoms with Crippen LogP contribution in [0.1, 0.15) is 23.8 Å². The number of aryl methyl sites for hydroxylation is 1. The van der Waals surface area contributed by atoms with E-state index in [4.69, 9.17) is 4.74 Å². The Bertz CT molecular complexity index is 1180. The SMILES string of the molecule is CCOc1ccccc1N1C(=O)C(c2cccs2)=C(N2CCCc3ccccc32)C1=O. The zero-order valence-electron chi connectivity index (χ0n) is 17.2. The highest BCUT2D eigenvalue weighted by Gasteiger charge is 2.44. The number of amides is 2. The molecule has 6 heteroatoms. The zero-order chi connectivity index (χ0) is 21.4. The molecular formula is C25H22N2O3S. The van der Waals surface area contributed by atoms with Crippen LogP contribution in [-0.4, -0.2) is 25.0 Å². The van der Waals surface area contributed by atoms with Gasteiger partial charge >= 0.3 is 0 Å². The number of rotatable bonds is 5. The fourth-order valence-corrected chi connectivity index (χ4v) is 5.08. The lowest BCUT2D eigenvalue weighted by Crippen LogP contribution is -2.37. The lowest BCUT2D eigenvalue weighted by Gasteiger charge is -2.32. The number of fused-ring (bicyclic) bond motifs is 1. The first-order chi connectivity index (χ1) is 15.2. The van der Waals surface area contributed by atoms with Crippen molar-refractivity contribution in [2.24, 2.45) is 0 Å². The van der Waals surface area contributed by atoms with Crippen LogP contribution in [0.5, 0.6) is 5.75 Å². The number of anilines is 2. The van der Waals surface area contributed by atoms with Crippen molar-refractivity contribution >= 4 is 40.1 Å². The molecule has 0 saturated heterocycles. The molecule has 5 rings (SSSR count). The summed E-state index contributed by atoms with van der Waals surface area (Å²) in [4.78, 5) is 31.6. The van der Waals surface area contributed by atoms with E-state index in [0.29, 0.717) is 35.9 Å². The number of hydrogen-bond donors (Lipinski definition) is 0. The highest BCUT2D eigenvalue weighted by molar-refractivity contribution is 7.11. The third-order valence-corrected chi connectivity index (χ3v) is 6.50. The van der Waals surface area contributed by atoms with E-state index in [1.54, 1.807) is 12.1 Å². The van der Waals surface area contributed by atoms with Crippen molar-refractivity contribution in [1.82, 2.24) is 0 Å². The van der Waals surface area contributed by atoms with Gasteiger partial charge in [-0.05, 0) is 55.0 Å². The van der Waals surface area contributed by atoms with Crippen LogP contribution in [0, 0.1) is 0 Å². The molecule has 0 fully saturated rings. The van der Waals surface area contributed by atoms with Gasteiger partial charge in [-0.25, -0.2) is 4.90 Å². The molecule has 0 unspecified atom stereocenters. The second-order valence-corrected chi connectivity index (χ2v) is 8.38. The first-order valence-corrected chi connectivity index (χ1v) is 11.3.